The fraction of sp³-hybridized carbons (Fsp3) is 0.529. The Morgan fingerprint density at radius 1 is 1.21 bits per heavy atom. The molecule has 1 aliphatic carbocycles. The molecule has 0 spiro atoms. The molecule has 1 fully saturated rings. The van der Waals surface area contributed by atoms with E-state index < -0.39 is 23.2 Å². The van der Waals surface area contributed by atoms with Crippen molar-refractivity contribution < 1.29 is 33.3 Å². The van der Waals surface area contributed by atoms with Gasteiger partial charge in [0.25, 0.3) is 0 Å². The molecule has 1 aromatic rings. The average Bonchev–Trinajstić information content (AvgIpc) is 2.57. The first-order valence-electron chi connectivity index (χ1n) is 7.66. The number of carboxylic acids is 1. The topological polar surface area (TPSA) is 82.1 Å². The van der Waals surface area contributed by atoms with E-state index in [-0.39, 0.29) is 23.2 Å². The molecule has 24 heavy (non-hydrogen) atoms. The Labute approximate surface area is 139 Å². The molecule has 0 aromatic heterocycles. The molecule has 0 amide bonds. The van der Waals surface area contributed by atoms with Gasteiger partial charge in [0.2, 0.25) is 0 Å². The summed E-state index contributed by atoms with van der Waals surface area (Å²) in [5.41, 5.74) is -0.697. The minimum atomic E-state index is -0.829. The Balaban J connectivity index is 2.16. The van der Waals surface area contributed by atoms with Gasteiger partial charge >= 0.3 is 11.9 Å². The Morgan fingerprint density at radius 3 is 2.33 bits per heavy atom. The lowest BCUT2D eigenvalue weighted by Crippen LogP contribution is -2.36. The van der Waals surface area contributed by atoms with Gasteiger partial charge in [-0.25, -0.2) is 9.18 Å². The van der Waals surface area contributed by atoms with E-state index in [0.29, 0.717) is 25.7 Å². The number of hydrogen-bond acceptors (Lipinski definition) is 5. The first-order chi connectivity index (χ1) is 11.3. The number of carbonyl (C=O) groups is 2. The van der Waals surface area contributed by atoms with E-state index in [0.717, 1.165) is 6.07 Å². The van der Waals surface area contributed by atoms with Crippen LogP contribution in [0.15, 0.2) is 12.1 Å². The zero-order valence-electron chi connectivity index (χ0n) is 13.9. The van der Waals surface area contributed by atoms with Crippen molar-refractivity contribution in [2.45, 2.75) is 38.7 Å². The van der Waals surface area contributed by atoms with Crippen LogP contribution in [0, 0.1) is 11.2 Å². The molecule has 0 aliphatic heterocycles. The second kappa shape index (κ2) is 7.07. The highest BCUT2D eigenvalue weighted by atomic mass is 19.1. The number of rotatable bonds is 5. The van der Waals surface area contributed by atoms with Gasteiger partial charge in [-0.05, 0) is 32.6 Å². The fourth-order valence-corrected chi connectivity index (χ4v) is 2.80. The van der Waals surface area contributed by atoms with Crippen molar-refractivity contribution in [2.24, 2.45) is 5.41 Å². The maximum Gasteiger partial charge on any atom is 0.341 e. The minimum absolute atomic E-state index is 0.0637. The lowest BCUT2D eigenvalue weighted by Gasteiger charge is -2.34. The molecule has 0 unspecified atom stereocenters. The van der Waals surface area contributed by atoms with Crippen molar-refractivity contribution in [1.82, 2.24) is 0 Å². The third-order valence-electron chi connectivity index (χ3n) is 4.51. The van der Waals surface area contributed by atoms with E-state index in [1.165, 1.54) is 20.3 Å². The third kappa shape index (κ3) is 3.60. The summed E-state index contributed by atoms with van der Waals surface area (Å²) >= 11 is 0. The fourth-order valence-electron chi connectivity index (χ4n) is 2.80. The molecular formula is C17H21FO6. The number of hydrogen-bond donors (Lipinski definition) is 1. The highest BCUT2D eigenvalue weighted by Crippen LogP contribution is 2.38. The molecule has 1 N–H and O–H groups in total. The van der Waals surface area contributed by atoms with Crippen LogP contribution in [0.2, 0.25) is 0 Å². The van der Waals surface area contributed by atoms with Crippen LogP contribution in [0.5, 0.6) is 11.5 Å². The summed E-state index contributed by atoms with van der Waals surface area (Å²) in [5.74, 6) is -2.14. The summed E-state index contributed by atoms with van der Waals surface area (Å²) in [7, 11) is 2.55. The zero-order chi connectivity index (χ0) is 17.9. The van der Waals surface area contributed by atoms with E-state index in [1.807, 2.05) is 0 Å². The smallest absolute Gasteiger partial charge is 0.341 e. The van der Waals surface area contributed by atoms with Crippen molar-refractivity contribution in [3.05, 3.63) is 23.5 Å². The van der Waals surface area contributed by atoms with Crippen LogP contribution in [0.1, 0.15) is 43.0 Å². The van der Waals surface area contributed by atoms with Crippen molar-refractivity contribution in [1.29, 1.82) is 0 Å². The van der Waals surface area contributed by atoms with Crippen LogP contribution >= 0.6 is 0 Å². The normalized spacial score (nSPS) is 23.4. The number of ether oxygens (including phenoxy) is 3. The molecule has 2 rings (SSSR count). The predicted molar refractivity (Wildman–Crippen MR) is 82.9 cm³/mol. The molecule has 0 saturated heterocycles. The van der Waals surface area contributed by atoms with Gasteiger partial charge in [-0.15, -0.1) is 0 Å². The van der Waals surface area contributed by atoms with E-state index in [1.54, 1.807) is 6.92 Å². The van der Waals surface area contributed by atoms with Gasteiger partial charge in [0.1, 0.15) is 11.3 Å². The van der Waals surface area contributed by atoms with Gasteiger partial charge in [0.15, 0.2) is 11.6 Å². The molecule has 1 aliphatic rings. The van der Waals surface area contributed by atoms with Crippen molar-refractivity contribution in [3.8, 4) is 11.5 Å². The highest BCUT2D eigenvalue weighted by Gasteiger charge is 2.38. The van der Waals surface area contributed by atoms with Gasteiger partial charge in [0.05, 0.1) is 25.7 Å². The largest absolute Gasteiger partial charge is 0.496 e. The van der Waals surface area contributed by atoms with Gasteiger partial charge in [-0.2, -0.15) is 0 Å². The Bertz CT molecular complexity index is 634. The second-order valence-electron chi connectivity index (χ2n) is 6.16. The Morgan fingerprint density at radius 2 is 1.83 bits per heavy atom. The third-order valence-corrected chi connectivity index (χ3v) is 4.51. The molecular weight excluding hydrogens is 319 g/mol. The first kappa shape index (κ1) is 18.0. The number of carbonyl (C=O) groups excluding carboxylic acids is 1. The van der Waals surface area contributed by atoms with Crippen LogP contribution < -0.4 is 9.47 Å². The van der Waals surface area contributed by atoms with Crippen LogP contribution in [-0.2, 0) is 9.53 Å². The van der Waals surface area contributed by atoms with Crippen LogP contribution in [0.4, 0.5) is 4.39 Å². The van der Waals surface area contributed by atoms with E-state index in [2.05, 4.69) is 4.74 Å². The molecule has 1 saturated carbocycles. The van der Waals surface area contributed by atoms with E-state index in [9.17, 15) is 19.1 Å². The molecule has 132 valence electrons. The summed E-state index contributed by atoms with van der Waals surface area (Å²) in [4.78, 5) is 23.0. The predicted octanol–water partition coefficient (Wildman–Crippen LogP) is 3.03. The number of carboxylic acid groups (broad SMARTS) is 1. The standard InChI is InChI=1S/C17H21FO6/c1-17(16(20)21)6-4-10(5-7-17)24-14-8-11(15(19)23-3)13(22-2)9-12(14)18/h8-10H,4-7H2,1-3H3,(H,20,21)/t10-,17+. The molecule has 0 atom stereocenters. The summed E-state index contributed by atoms with van der Waals surface area (Å²) < 4.78 is 29.5. The van der Waals surface area contributed by atoms with Crippen LogP contribution in [0.3, 0.4) is 0 Å². The van der Waals surface area contributed by atoms with E-state index in [4.69, 9.17) is 9.47 Å². The van der Waals surface area contributed by atoms with E-state index >= 15 is 0 Å². The molecule has 6 nitrogen and oxygen atoms in total. The quantitative estimate of drug-likeness (QED) is 0.830. The van der Waals surface area contributed by atoms with Crippen molar-refractivity contribution in [3.63, 3.8) is 0 Å². The Kier molecular flexibility index (Phi) is 5.31. The van der Waals surface area contributed by atoms with Crippen LogP contribution in [-0.4, -0.2) is 37.4 Å². The maximum absolute atomic E-state index is 14.2. The maximum atomic E-state index is 14.2. The van der Waals surface area contributed by atoms with Gasteiger partial charge in [-0.3, -0.25) is 4.79 Å². The summed E-state index contributed by atoms with van der Waals surface area (Å²) in [6.45, 7) is 1.70. The molecule has 0 radical (unpaired) electrons. The minimum Gasteiger partial charge on any atom is -0.496 e. The summed E-state index contributed by atoms with van der Waals surface area (Å²) in [6.07, 6.45) is 1.61. The highest BCUT2D eigenvalue weighted by molar-refractivity contribution is 5.93. The van der Waals surface area contributed by atoms with Gasteiger partial charge < -0.3 is 19.3 Å². The number of esters is 1. The zero-order valence-corrected chi connectivity index (χ0v) is 13.9. The van der Waals surface area contributed by atoms with Crippen molar-refractivity contribution >= 4 is 11.9 Å². The molecule has 1 aromatic carbocycles. The number of methoxy groups -OCH3 is 2. The summed E-state index contributed by atoms with van der Waals surface area (Å²) in [6, 6.07) is 2.33. The first-order valence-corrected chi connectivity index (χ1v) is 7.66. The molecule has 0 bridgehead atoms. The van der Waals surface area contributed by atoms with Gasteiger partial charge in [0, 0.05) is 12.1 Å². The Hall–Kier alpha value is -2.31. The lowest BCUT2D eigenvalue weighted by atomic mass is 9.75. The number of aliphatic carboxylic acids is 1. The SMILES string of the molecule is COC(=O)c1cc(O[C@H]2CC[C@@](C)(C(=O)O)CC2)c(F)cc1OC. The lowest BCUT2D eigenvalue weighted by molar-refractivity contribution is -0.150. The number of benzene rings is 1. The van der Waals surface area contributed by atoms with Crippen LogP contribution in [0.25, 0.3) is 0 Å². The van der Waals surface area contributed by atoms with Gasteiger partial charge in [-0.1, -0.05) is 0 Å². The molecule has 7 heteroatoms. The molecule has 0 heterocycles. The average molecular weight is 340 g/mol. The van der Waals surface area contributed by atoms with Crippen molar-refractivity contribution in [2.75, 3.05) is 14.2 Å². The second-order valence-corrected chi connectivity index (χ2v) is 6.16. The summed E-state index contributed by atoms with van der Waals surface area (Å²) in [5, 5.41) is 9.23. The number of halogens is 1. The monoisotopic (exact) mass is 340 g/mol.